The molecule has 0 radical (unpaired) electrons. The van der Waals surface area contributed by atoms with Gasteiger partial charge in [0.2, 0.25) is 0 Å². The molecule has 3 rings (SSSR count). The molecule has 4 heteroatoms. The summed E-state index contributed by atoms with van der Waals surface area (Å²) < 4.78 is 5.26. The molecule has 0 spiro atoms. The van der Waals surface area contributed by atoms with Gasteiger partial charge in [-0.1, -0.05) is 0 Å². The second-order valence-electron chi connectivity index (χ2n) is 4.80. The summed E-state index contributed by atoms with van der Waals surface area (Å²) in [6.45, 7) is 1.61. The van der Waals surface area contributed by atoms with E-state index >= 15 is 0 Å². The number of carbonyl (C=O) groups is 1. The zero-order valence-electron chi connectivity index (χ0n) is 10.6. The molecule has 18 heavy (non-hydrogen) atoms. The van der Waals surface area contributed by atoms with Crippen LogP contribution in [0.2, 0.25) is 0 Å². The van der Waals surface area contributed by atoms with E-state index in [9.17, 15) is 4.79 Å². The third kappa shape index (κ3) is 1.69. The maximum Gasteiger partial charge on any atom is 0.180 e. The Bertz CT molecular complexity index is 616. The monoisotopic (exact) mass is 244 g/mol. The molecule has 2 aromatic rings. The Morgan fingerprint density at radius 1 is 1.39 bits per heavy atom. The van der Waals surface area contributed by atoms with E-state index in [-0.39, 0.29) is 5.78 Å². The van der Waals surface area contributed by atoms with Gasteiger partial charge in [0.05, 0.1) is 12.8 Å². The number of ether oxygens (including phenoxy) is 1. The first-order chi connectivity index (χ1) is 8.69. The molecule has 1 aliphatic rings. The van der Waals surface area contributed by atoms with Crippen LogP contribution < -0.4 is 4.74 Å². The van der Waals surface area contributed by atoms with Crippen molar-refractivity contribution in [3.05, 3.63) is 29.5 Å². The number of Topliss-reactive ketones (excluding diaryl/α,β-unsaturated/α-hetero) is 1. The molecular weight excluding hydrogens is 228 g/mol. The minimum atomic E-state index is 0.199. The molecule has 4 nitrogen and oxygen atoms in total. The molecule has 0 fully saturated rings. The van der Waals surface area contributed by atoms with E-state index in [0.29, 0.717) is 6.42 Å². The number of rotatable bonds is 1. The number of aromatic amines is 1. The highest BCUT2D eigenvalue weighted by molar-refractivity contribution is 6.02. The number of hydrogen-bond acceptors (Lipinski definition) is 3. The van der Waals surface area contributed by atoms with Gasteiger partial charge in [-0.2, -0.15) is 0 Å². The zero-order chi connectivity index (χ0) is 12.7. The molecule has 0 saturated carbocycles. The summed E-state index contributed by atoms with van der Waals surface area (Å²) in [5, 5.41) is 1.09. The van der Waals surface area contributed by atoms with Crippen LogP contribution in [0.3, 0.4) is 0 Å². The normalized spacial score (nSPS) is 16.7. The van der Waals surface area contributed by atoms with Crippen molar-refractivity contribution in [3.8, 4) is 5.75 Å². The first kappa shape index (κ1) is 11.3. The van der Waals surface area contributed by atoms with Crippen molar-refractivity contribution < 1.29 is 9.53 Å². The van der Waals surface area contributed by atoms with Crippen LogP contribution in [0.25, 0.3) is 10.9 Å². The van der Waals surface area contributed by atoms with E-state index < -0.39 is 0 Å². The van der Waals surface area contributed by atoms with Crippen LogP contribution >= 0.6 is 0 Å². The first-order valence-electron chi connectivity index (χ1n) is 6.09. The quantitative estimate of drug-likeness (QED) is 0.836. The Labute approximate surface area is 106 Å². The lowest BCUT2D eigenvalue weighted by Crippen LogP contribution is -2.17. The fourth-order valence-electron chi connectivity index (χ4n) is 2.52. The van der Waals surface area contributed by atoms with Crippen molar-refractivity contribution in [1.29, 1.82) is 0 Å². The third-order valence-corrected chi connectivity index (χ3v) is 3.54. The van der Waals surface area contributed by atoms with Gasteiger partial charge < -0.3 is 14.6 Å². The predicted molar refractivity (Wildman–Crippen MR) is 70.1 cm³/mol. The summed E-state index contributed by atoms with van der Waals surface area (Å²) >= 11 is 0. The number of nitrogens with one attached hydrogen (secondary N) is 1. The SMILES string of the molecule is COc1ccc2[nH]c3c(c2c1)CN(C)CCC3=O. The van der Waals surface area contributed by atoms with Gasteiger partial charge in [0.25, 0.3) is 0 Å². The van der Waals surface area contributed by atoms with E-state index in [4.69, 9.17) is 4.74 Å². The molecule has 1 aliphatic heterocycles. The van der Waals surface area contributed by atoms with E-state index in [1.807, 2.05) is 25.2 Å². The summed E-state index contributed by atoms with van der Waals surface area (Å²) in [6.07, 6.45) is 0.577. The van der Waals surface area contributed by atoms with Crippen molar-refractivity contribution in [3.63, 3.8) is 0 Å². The van der Waals surface area contributed by atoms with Crippen LogP contribution in [0.5, 0.6) is 5.75 Å². The Balaban J connectivity index is 2.23. The standard InChI is InChI=1S/C14H16N2O2/c1-16-6-5-13(17)14-11(8-16)10-7-9(18-2)3-4-12(10)15-14/h3-4,7,15H,5-6,8H2,1-2H3. The minimum absolute atomic E-state index is 0.199. The summed E-state index contributed by atoms with van der Waals surface area (Å²) in [5.74, 6) is 1.02. The van der Waals surface area contributed by atoms with Crippen molar-refractivity contribution in [2.45, 2.75) is 13.0 Å². The van der Waals surface area contributed by atoms with E-state index in [1.54, 1.807) is 7.11 Å². The predicted octanol–water partition coefficient (Wildman–Crippen LogP) is 2.19. The Hall–Kier alpha value is -1.81. The first-order valence-corrected chi connectivity index (χ1v) is 6.09. The maximum absolute atomic E-state index is 12.1. The number of carbonyl (C=O) groups excluding carboxylic acids is 1. The van der Waals surface area contributed by atoms with Crippen molar-refractivity contribution >= 4 is 16.7 Å². The maximum atomic E-state index is 12.1. The van der Waals surface area contributed by atoms with Gasteiger partial charge >= 0.3 is 0 Å². The highest BCUT2D eigenvalue weighted by atomic mass is 16.5. The molecule has 1 N–H and O–H groups in total. The number of nitrogens with zero attached hydrogens (tertiary/aromatic N) is 1. The second-order valence-corrected chi connectivity index (χ2v) is 4.80. The van der Waals surface area contributed by atoms with Gasteiger partial charge in [0.1, 0.15) is 5.75 Å². The van der Waals surface area contributed by atoms with Gasteiger partial charge in [0, 0.05) is 36.0 Å². The smallest absolute Gasteiger partial charge is 0.180 e. The topological polar surface area (TPSA) is 45.3 Å². The molecule has 2 heterocycles. The van der Waals surface area contributed by atoms with Crippen LogP contribution in [-0.4, -0.2) is 36.4 Å². The lowest BCUT2D eigenvalue weighted by Gasteiger charge is -2.12. The number of fused-ring (bicyclic) bond motifs is 3. The van der Waals surface area contributed by atoms with Crippen molar-refractivity contribution in [2.24, 2.45) is 0 Å². The van der Waals surface area contributed by atoms with Crippen molar-refractivity contribution in [2.75, 3.05) is 20.7 Å². The summed E-state index contributed by atoms with van der Waals surface area (Å²) in [5.41, 5.74) is 2.86. The molecule has 0 amide bonds. The average Bonchev–Trinajstić information content (AvgIpc) is 2.67. The van der Waals surface area contributed by atoms with E-state index in [1.165, 1.54) is 0 Å². The highest BCUT2D eigenvalue weighted by Gasteiger charge is 2.22. The molecular formula is C14H16N2O2. The fraction of sp³-hybridized carbons (Fsp3) is 0.357. The number of methoxy groups -OCH3 is 1. The number of aromatic nitrogens is 1. The van der Waals surface area contributed by atoms with E-state index in [0.717, 1.165) is 41.0 Å². The lowest BCUT2D eigenvalue weighted by molar-refractivity contribution is 0.0972. The van der Waals surface area contributed by atoms with Crippen LogP contribution in [0.4, 0.5) is 0 Å². The van der Waals surface area contributed by atoms with Crippen LogP contribution in [0.1, 0.15) is 22.5 Å². The minimum Gasteiger partial charge on any atom is -0.497 e. The number of ketones is 1. The average molecular weight is 244 g/mol. The third-order valence-electron chi connectivity index (χ3n) is 3.54. The Morgan fingerprint density at radius 2 is 2.22 bits per heavy atom. The summed E-state index contributed by atoms with van der Waals surface area (Å²) in [4.78, 5) is 17.5. The summed E-state index contributed by atoms with van der Waals surface area (Å²) in [6, 6.07) is 5.87. The molecule has 0 bridgehead atoms. The second kappa shape index (κ2) is 4.14. The zero-order valence-corrected chi connectivity index (χ0v) is 10.6. The molecule has 0 atom stereocenters. The molecule has 1 aromatic heterocycles. The highest BCUT2D eigenvalue weighted by Crippen LogP contribution is 2.29. The van der Waals surface area contributed by atoms with Crippen LogP contribution in [0.15, 0.2) is 18.2 Å². The van der Waals surface area contributed by atoms with Crippen LogP contribution in [-0.2, 0) is 6.54 Å². The Kier molecular flexibility index (Phi) is 2.59. The number of hydrogen-bond donors (Lipinski definition) is 1. The lowest BCUT2D eigenvalue weighted by atomic mass is 10.1. The molecule has 0 saturated heterocycles. The molecule has 1 aromatic carbocycles. The molecule has 94 valence electrons. The largest absolute Gasteiger partial charge is 0.497 e. The molecule has 0 unspecified atom stereocenters. The molecule has 0 aliphatic carbocycles. The van der Waals surface area contributed by atoms with Gasteiger partial charge in [-0.05, 0) is 25.2 Å². The van der Waals surface area contributed by atoms with Gasteiger partial charge in [-0.25, -0.2) is 0 Å². The fourth-order valence-corrected chi connectivity index (χ4v) is 2.52. The van der Waals surface area contributed by atoms with Gasteiger partial charge in [0.15, 0.2) is 5.78 Å². The Morgan fingerprint density at radius 3 is 3.00 bits per heavy atom. The number of H-pyrrole nitrogens is 1. The van der Waals surface area contributed by atoms with Gasteiger partial charge in [-0.3, -0.25) is 4.79 Å². The van der Waals surface area contributed by atoms with E-state index in [2.05, 4.69) is 9.88 Å². The van der Waals surface area contributed by atoms with Crippen LogP contribution in [0, 0.1) is 0 Å². The van der Waals surface area contributed by atoms with Gasteiger partial charge in [-0.15, -0.1) is 0 Å². The van der Waals surface area contributed by atoms with Crippen molar-refractivity contribution in [1.82, 2.24) is 9.88 Å². The number of benzene rings is 1. The summed E-state index contributed by atoms with van der Waals surface area (Å²) in [7, 11) is 3.70.